The Balaban J connectivity index is 1.80. The van der Waals surface area contributed by atoms with E-state index in [1.165, 1.54) is 0 Å². The van der Waals surface area contributed by atoms with Crippen LogP contribution in [0.3, 0.4) is 0 Å². The lowest BCUT2D eigenvalue weighted by Gasteiger charge is -2.08. The minimum atomic E-state index is -0.454. The van der Waals surface area contributed by atoms with Crippen LogP contribution in [0, 0.1) is 0 Å². The van der Waals surface area contributed by atoms with Gasteiger partial charge < -0.3 is 10.1 Å². The number of nitrogens with one attached hydrogen (secondary N) is 1. The van der Waals surface area contributed by atoms with Crippen LogP contribution in [-0.4, -0.2) is 6.09 Å². The van der Waals surface area contributed by atoms with Crippen LogP contribution in [-0.2, 0) is 17.9 Å². The monoisotopic (exact) mass is 353 g/mol. The molecule has 3 nitrogen and oxygen atoms in total. The van der Waals surface area contributed by atoms with Gasteiger partial charge in [-0.2, -0.15) is 0 Å². The van der Waals surface area contributed by atoms with Crippen LogP contribution in [0.2, 0.25) is 5.02 Å². The molecule has 0 aliphatic heterocycles. The highest BCUT2D eigenvalue weighted by molar-refractivity contribution is 9.10. The summed E-state index contributed by atoms with van der Waals surface area (Å²) in [4.78, 5) is 11.6. The fourth-order valence-corrected chi connectivity index (χ4v) is 2.59. The first kappa shape index (κ1) is 14.9. The van der Waals surface area contributed by atoms with Gasteiger partial charge in [0, 0.05) is 16.0 Å². The van der Waals surface area contributed by atoms with Crippen molar-refractivity contribution in [2.75, 3.05) is 0 Å². The van der Waals surface area contributed by atoms with Gasteiger partial charge in [-0.05, 0) is 29.3 Å². The van der Waals surface area contributed by atoms with Crippen molar-refractivity contribution in [3.63, 3.8) is 0 Å². The molecule has 0 fully saturated rings. The van der Waals surface area contributed by atoms with Crippen molar-refractivity contribution in [1.82, 2.24) is 5.32 Å². The maximum absolute atomic E-state index is 11.6. The van der Waals surface area contributed by atoms with E-state index in [1.807, 2.05) is 36.4 Å². The van der Waals surface area contributed by atoms with Gasteiger partial charge in [-0.1, -0.05) is 57.9 Å². The fourth-order valence-electron chi connectivity index (χ4n) is 1.66. The predicted octanol–water partition coefficient (Wildman–Crippen LogP) is 4.53. The number of carbonyl (C=O) groups excluding carboxylic acids is 1. The van der Waals surface area contributed by atoms with Crippen molar-refractivity contribution in [3.05, 3.63) is 69.2 Å². The minimum Gasteiger partial charge on any atom is -0.445 e. The third-order valence-corrected chi connectivity index (χ3v) is 3.25. The highest BCUT2D eigenvalue weighted by Crippen LogP contribution is 2.19. The molecule has 2 aromatic carbocycles. The average molecular weight is 355 g/mol. The SMILES string of the molecule is O=C(NCc1cc(Cl)cc(Br)c1)OCc1ccccc1. The van der Waals surface area contributed by atoms with Crippen molar-refractivity contribution in [2.45, 2.75) is 13.2 Å². The average Bonchev–Trinajstić information content (AvgIpc) is 2.43. The van der Waals surface area contributed by atoms with Crippen LogP contribution in [0.4, 0.5) is 4.79 Å². The van der Waals surface area contributed by atoms with Gasteiger partial charge in [0.15, 0.2) is 0 Å². The van der Waals surface area contributed by atoms with E-state index in [-0.39, 0.29) is 6.61 Å². The zero-order valence-corrected chi connectivity index (χ0v) is 12.9. The molecule has 0 heterocycles. The third-order valence-electron chi connectivity index (χ3n) is 2.57. The van der Waals surface area contributed by atoms with Crippen LogP contribution in [0.5, 0.6) is 0 Å². The molecule has 0 saturated heterocycles. The Kier molecular flexibility index (Phi) is 5.44. The van der Waals surface area contributed by atoms with E-state index in [4.69, 9.17) is 16.3 Å². The highest BCUT2D eigenvalue weighted by atomic mass is 79.9. The molecule has 2 aromatic rings. The van der Waals surface area contributed by atoms with E-state index in [2.05, 4.69) is 21.2 Å². The standard InChI is InChI=1S/C15H13BrClNO2/c16-13-6-12(7-14(17)8-13)9-18-15(19)20-10-11-4-2-1-3-5-11/h1-8H,9-10H2,(H,18,19). The molecule has 0 atom stereocenters. The van der Waals surface area contributed by atoms with Crippen LogP contribution in [0.25, 0.3) is 0 Å². The number of rotatable bonds is 4. The zero-order chi connectivity index (χ0) is 14.4. The Hall–Kier alpha value is -1.52. The van der Waals surface area contributed by atoms with Crippen LogP contribution >= 0.6 is 27.5 Å². The number of carbonyl (C=O) groups is 1. The Morgan fingerprint density at radius 3 is 2.60 bits per heavy atom. The topological polar surface area (TPSA) is 38.3 Å². The number of hydrogen-bond donors (Lipinski definition) is 1. The summed E-state index contributed by atoms with van der Waals surface area (Å²) < 4.78 is 5.99. The van der Waals surface area contributed by atoms with Crippen molar-refractivity contribution in [2.24, 2.45) is 0 Å². The molecular weight excluding hydrogens is 342 g/mol. The first-order valence-corrected chi connectivity index (χ1v) is 7.20. The molecule has 104 valence electrons. The van der Waals surface area contributed by atoms with Crippen LogP contribution < -0.4 is 5.32 Å². The maximum atomic E-state index is 11.6. The van der Waals surface area contributed by atoms with Crippen LogP contribution in [0.1, 0.15) is 11.1 Å². The van der Waals surface area contributed by atoms with Gasteiger partial charge in [0.2, 0.25) is 0 Å². The molecule has 20 heavy (non-hydrogen) atoms. The number of hydrogen-bond acceptors (Lipinski definition) is 2. The number of ether oxygens (including phenoxy) is 1. The van der Waals surface area contributed by atoms with Crippen LogP contribution in [0.15, 0.2) is 53.0 Å². The third kappa shape index (κ3) is 4.87. The molecule has 2 rings (SSSR count). The van der Waals surface area contributed by atoms with Crippen molar-refractivity contribution >= 4 is 33.6 Å². The summed E-state index contributed by atoms with van der Waals surface area (Å²) in [6.07, 6.45) is -0.454. The van der Waals surface area contributed by atoms with Gasteiger partial charge in [-0.15, -0.1) is 0 Å². The second-order valence-electron chi connectivity index (χ2n) is 4.19. The molecule has 0 bridgehead atoms. The molecule has 0 aliphatic carbocycles. The largest absolute Gasteiger partial charge is 0.445 e. The first-order valence-electron chi connectivity index (χ1n) is 6.03. The fraction of sp³-hybridized carbons (Fsp3) is 0.133. The van der Waals surface area contributed by atoms with Gasteiger partial charge in [0.05, 0.1) is 0 Å². The van der Waals surface area contributed by atoms with E-state index >= 15 is 0 Å². The summed E-state index contributed by atoms with van der Waals surface area (Å²) >= 11 is 9.29. The molecule has 1 N–H and O–H groups in total. The summed E-state index contributed by atoms with van der Waals surface area (Å²) in [6, 6.07) is 15.0. The molecular formula is C15H13BrClNO2. The van der Waals surface area contributed by atoms with E-state index < -0.39 is 6.09 Å². The first-order chi connectivity index (χ1) is 9.63. The predicted molar refractivity (Wildman–Crippen MR) is 82.6 cm³/mol. The Labute approximate surface area is 131 Å². The molecule has 0 radical (unpaired) electrons. The molecule has 0 unspecified atom stereocenters. The van der Waals surface area contributed by atoms with E-state index in [0.717, 1.165) is 15.6 Å². The summed E-state index contributed by atoms with van der Waals surface area (Å²) in [6.45, 7) is 0.624. The highest BCUT2D eigenvalue weighted by Gasteiger charge is 2.04. The lowest BCUT2D eigenvalue weighted by Crippen LogP contribution is -2.23. The number of halogens is 2. The summed E-state index contributed by atoms with van der Waals surface area (Å²) in [5.41, 5.74) is 1.86. The molecule has 0 spiro atoms. The second-order valence-corrected chi connectivity index (χ2v) is 5.55. The lowest BCUT2D eigenvalue weighted by molar-refractivity contribution is 0.139. The second kappa shape index (κ2) is 7.31. The Morgan fingerprint density at radius 2 is 1.90 bits per heavy atom. The molecule has 0 aromatic heterocycles. The van der Waals surface area contributed by atoms with Gasteiger partial charge in [-0.3, -0.25) is 0 Å². The smallest absolute Gasteiger partial charge is 0.407 e. The zero-order valence-electron chi connectivity index (χ0n) is 10.6. The number of benzene rings is 2. The molecule has 0 aliphatic rings. The van der Waals surface area contributed by atoms with Crippen molar-refractivity contribution in [1.29, 1.82) is 0 Å². The molecule has 1 amide bonds. The van der Waals surface area contributed by atoms with Gasteiger partial charge in [0.25, 0.3) is 0 Å². The van der Waals surface area contributed by atoms with E-state index in [9.17, 15) is 4.79 Å². The number of amides is 1. The lowest BCUT2D eigenvalue weighted by atomic mass is 10.2. The number of alkyl carbamates (subject to hydrolysis) is 1. The van der Waals surface area contributed by atoms with E-state index in [0.29, 0.717) is 11.6 Å². The van der Waals surface area contributed by atoms with Crippen molar-refractivity contribution in [3.8, 4) is 0 Å². The molecule has 0 saturated carbocycles. The Bertz CT molecular complexity index is 569. The molecule has 5 heteroatoms. The quantitative estimate of drug-likeness (QED) is 0.876. The van der Waals surface area contributed by atoms with E-state index in [1.54, 1.807) is 12.1 Å². The van der Waals surface area contributed by atoms with Gasteiger partial charge in [0.1, 0.15) is 6.61 Å². The van der Waals surface area contributed by atoms with Crippen molar-refractivity contribution < 1.29 is 9.53 Å². The minimum absolute atomic E-state index is 0.256. The van der Waals surface area contributed by atoms with Gasteiger partial charge >= 0.3 is 6.09 Å². The maximum Gasteiger partial charge on any atom is 0.407 e. The van der Waals surface area contributed by atoms with Gasteiger partial charge in [-0.25, -0.2) is 4.79 Å². The summed E-state index contributed by atoms with van der Waals surface area (Å²) in [5.74, 6) is 0. The Morgan fingerprint density at radius 1 is 1.15 bits per heavy atom. The normalized spacial score (nSPS) is 10.1. The summed E-state index contributed by atoms with van der Waals surface area (Å²) in [7, 11) is 0. The summed E-state index contributed by atoms with van der Waals surface area (Å²) in [5, 5.41) is 3.30.